The molecule has 0 N–H and O–H groups in total. The van der Waals surface area contributed by atoms with Crippen molar-refractivity contribution in [1.82, 2.24) is 0 Å². The van der Waals surface area contributed by atoms with Crippen molar-refractivity contribution in [2.45, 2.75) is 84.5 Å². The average Bonchev–Trinajstić information content (AvgIpc) is 3.08. The molecule has 0 radical (unpaired) electrons. The molecule has 0 atom stereocenters. The molecule has 0 saturated carbocycles. The lowest BCUT2D eigenvalue weighted by atomic mass is 10.1. The first-order valence-electron chi connectivity index (χ1n) is 18.2. The molecule has 0 heterocycles. The molecule has 0 aromatic carbocycles. The maximum Gasteiger partial charge on any atom is 0.305 e. The third kappa shape index (κ3) is 40.8. The van der Waals surface area contributed by atoms with Crippen LogP contribution in [0.4, 0.5) is 0 Å². The number of rotatable bonds is 41. The largest absolute Gasteiger partial charge is 0.463 e. The Hall–Kier alpha value is -1.42. The summed E-state index contributed by atoms with van der Waals surface area (Å²) < 4.78 is 59.3. The van der Waals surface area contributed by atoms with Crippen LogP contribution in [0, 0.1) is 0 Å². The maximum atomic E-state index is 11.7. The maximum absolute atomic E-state index is 11.7. The van der Waals surface area contributed by atoms with Crippen LogP contribution in [-0.4, -0.2) is 144 Å². The monoisotopic (exact) mass is 696 g/mol. The van der Waals surface area contributed by atoms with Crippen LogP contribution >= 0.6 is 0 Å². The highest BCUT2D eigenvalue weighted by atomic mass is 16.6. The van der Waals surface area contributed by atoms with Crippen molar-refractivity contribution in [2.24, 2.45) is 0 Å². The molecule has 0 rings (SSSR count). The minimum atomic E-state index is -0.161. The molecule has 286 valence electrons. The van der Waals surface area contributed by atoms with Gasteiger partial charge in [-0.1, -0.05) is 58.8 Å². The van der Waals surface area contributed by atoms with E-state index in [-0.39, 0.29) is 25.2 Å². The van der Waals surface area contributed by atoms with Gasteiger partial charge in [-0.25, -0.2) is 0 Å². The van der Waals surface area contributed by atoms with Crippen molar-refractivity contribution in [3.05, 3.63) is 0 Å². The van der Waals surface area contributed by atoms with Gasteiger partial charge in [0.2, 0.25) is 0 Å². The topological polar surface area (TPSA) is 136 Å². The number of unbranched alkanes of at least 4 members (excludes halogenated alkanes) is 7. The van der Waals surface area contributed by atoms with Crippen LogP contribution in [0.3, 0.4) is 0 Å². The van der Waals surface area contributed by atoms with E-state index >= 15 is 0 Å². The third-order valence-electron chi connectivity index (χ3n) is 6.68. The lowest BCUT2D eigenvalue weighted by Gasteiger charge is -2.09. The predicted octanol–water partition coefficient (Wildman–Crippen LogP) is 4.55. The highest BCUT2D eigenvalue weighted by Gasteiger charge is 2.03. The second kappa shape index (κ2) is 41.7. The highest BCUT2D eigenvalue weighted by molar-refractivity contribution is 5.69. The Morgan fingerprint density at radius 2 is 0.500 bits per heavy atom. The van der Waals surface area contributed by atoms with E-state index in [1.54, 1.807) is 0 Å². The molecule has 0 amide bonds. The lowest BCUT2D eigenvalue weighted by molar-refractivity contribution is -0.146. The first kappa shape index (κ1) is 46.6. The van der Waals surface area contributed by atoms with Crippen molar-refractivity contribution >= 4 is 11.9 Å². The summed E-state index contributed by atoms with van der Waals surface area (Å²) in [5, 5.41) is 0. The summed E-state index contributed by atoms with van der Waals surface area (Å²) in [4.78, 5) is 23.1. The van der Waals surface area contributed by atoms with Gasteiger partial charge in [-0.05, 0) is 12.8 Å². The van der Waals surface area contributed by atoms with Gasteiger partial charge in [-0.15, -0.1) is 0 Å². The molecule has 0 unspecified atom stereocenters. The summed E-state index contributed by atoms with van der Waals surface area (Å²) in [7, 11) is 0. The van der Waals surface area contributed by atoms with Crippen molar-refractivity contribution < 1.29 is 61.7 Å². The highest BCUT2D eigenvalue weighted by Crippen LogP contribution is 2.07. The summed E-state index contributed by atoms with van der Waals surface area (Å²) in [6.07, 6.45) is 10.9. The summed E-state index contributed by atoms with van der Waals surface area (Å²) in [5.74, 6) is -0.307. The number of carbonyl (C=O) groups excluding carboxylic acids is 2. The molecule has 48 heavy (non-hydrogen) atoms. The fourth-order valence-electron chi connectivity index (χ4n) is 4.00. The number of carbonyl (C=O) groups is 2. The van der Waals surface area contributed by atoms with E-state index in [0.717, 1.165) is 32.1 Å². The van der Waals surface area contributed by atoms with Crippen LogP contribution in [0.15, 0.2) is 0 Å². The molecule has 0 bridgehead atoms. The Labute approximate surface area is 290 Å². The molecular weight excluding hydrogens is 628 g/mol. The van der Waals surface area contributed by atoms with Crippen molar-refractivity contribution in [3.8, 4) is 0 Å². The van der Waals surface area contributed by atoms with Crippen molar-refractivity contribution in [3.63, 3.8) is 0 Å². The summed E-state index contributed by atoms with van der Waals surface area (Å²) in [6.45, 7) is 13.3. The Balaban J connectivity index is 3.12. The van der Waals surface area contributed by atoms with Gasteiger partial charge >= 0.3 is 11.9 Å². The smallest absolute Gasteiger partial charge is 0.305 e. The summed E-state index contributed by atoms with van der Waals surface area (Å²) in [6, 6.07) is 0. The zero-order chi connectivity index (χ0) is 34.9. The van der Waals surface area contributed by atoms with Crippen LogP contribution in [0.5, 0.6) is 0 Å². The van der Waals surface area contributed by atoms with Crippen LogP contribution < -0.4 is 0 Å². The zero-order valence-corrected chi connectivity index (χ0v) is 30.2. The number of hydrogen-bond donors (Lipinski definition) is 0. The van der Waals surface area contributed by atoms with E-state index in [9.17, 15) is 9.59 Å². The fourth-order valence-corrected chi connectivity index (χ4v) is 4.00. The van der Waals surface area contributed by atoms with Gasteiger partial charge in [0, 0.05) is 12.8 Å². The second-order valence-electron chi connectivity index (χ2n) is 10.9. The van der Waals surface area contributed by atoms with Gasteiger partial charge in [-0.3, -0.25) is 9.59 Å². The van der Waals surface area contributed by atoms with E-state index < -0.39 is 0 Å². The number of hydrogen-bond acceptors (Lipinski definition) is 13. The molecule has 0 saturated heterocycles. The minimum Gasteiger partial charge on any atom is -0.463 e. The van der Waals surface area contributed by atoms with Crippen LogP contribution in [0.2, 0.25) is 0 Å². The molecule has 0 aromatic heterocycles. The van der Waals surface area contributed by atoms with E-state index in [4.69, 9.17) is 52.1 Å². The Kier molecular flexibility index (Phi) is 40.5. The quantitative estimate of drug-likeness (QED) is 0.0654. The van der Waals surface area contributed by atoms with Gasteiger partial charge in [0.15, 0.2) is 0 Å². The van der Waals surface area contributed by atoms with Gasteiger partial charge in [-0.2, -0.15) is 0 Å². The molecular formula is C35H68O13. The summed E-state index contributed by atoms with van der Waals surface area (Å²) in [5.41, 5.74) is 0. The zero-order valence-electron chi connectivity index (χ0n) is 30.2. The SMILES string of the molecule is CCCCCCCCC(=O)OCCOCCOCCOCCOCCOCCOCCOCCOCCOCCOC(=O)CCCCC. The standard InChI is InChI=1S/C35H68O13/c1-3-5-7-8-9-11-13-35(37)48-33-31-46-29-27-44-25-23-42-21-19-40-17-15-38-14-16-39-18-20-41-22-24-43-26-28-45-30-32-47-34(36)12-10-6-4-2/h3-33H2,1-2H3. The first-order chi connectivity index (χ1) is 23.7. The average molecular weight is 697 g/mol. The van der Waals surface area contributed by atoms with Gasteiger partial charge in [0.05, 0.1) is 119 Å². The van der Waals surface area contributed by atoms with Crippen molar-refractivity contribution in [2.75, 3.05) is 132 Å². The van der Waals surface area contributed by atoms with Crippen molar-refractivity contribution in [1.29, 1.82) is 0 Å². The molecule has 13 nitrogen and oxygen atoms in total. The minimum absolute atomic E-state index is 0.146. The predicted molar refractivity (Wildman–Crippen MR) is 181 cm³/mol. The van der Waals surface area contributed by atoms with Gasteiger partial charge in [0.1, 0.15) is 13.2 Å². The van der Waals surface area contributed by atoms with E-state index in [1.807, 2.05) is 0 Å². The number of esters is 2. The van der Waals surface area contributed by atoms with Gasteiger partial charge in [0.25, 0.3) is 0 Å². The van der Waals surface area contributed by atoms with Crippen LogP contribution in [-0.2, 0) is 61.7 Å². The van der Waals surface area contributed by atoms with E-state index in [1.165, 1.54) is 25.7 Å². The Morgan fingerprint density at radius 1 is 0.292 bits per heavy atom. The van der Waals surface area contributed by atoms with Crippen LogP contribution in [0.1, 0.15) is 84.5 Å². The molecule has 0 aliphatic rings. The van der Waals surface area contributed by atoms with Gasteiger partial charge < -0.3 is 52.1 Å². The second-order valence-corrected chi connectivity index (χ2v) is 10.9. The number of ether oxygens (including phenoxy) is 11. The molecule has 0 fully saturated rings. The fraction of sp³-hybridized carbons (Fsp3) is 0.943. The molecule has 0 spiro atoms. The molecule has 0 aliphatic carbocycles. The lowest BCUT2D eigenvalue weighted by Crippen LogP contribution is -2.15. The molecule has 13 heteroatoms. The summed E-state index contributed by atoms with van der Waals surface area (Å²) >= 11 is 0. The molecule has 0 aliphatic heterocycles. The Morgan fingerprint density at radius 3 is 0.792 bits per heavy atom. The first-order valence-corrected chi connectivity index (χ1v) is 18.2. The Bertz CT molecular complexity index is 654. The molecule has 0 aromatic rings. The van der Waals surface area contributed by atoms with E-state index in [2.05, 4.69) is 13.8 Å². The third-order valence-corrected chi connectivity index (χ3v) is 6.68. The normalized spacial score (nSPS) is 11.3. The van der Waals surface area contributed by atoms with E-state index in [0.29, 0.717) is 132 Å². The van der Waals surface area contributed by atoms with Crippen LogP contribution in [0.25, 0.3) is 0 Å².